The van der Waals surface area contributed by atoms with Crippen LogP contribution in [0.1, 0.15) is 31.2 Å². The lowest BCUT2D eigenvalue weighted by Crippen LogP contribution is -2.53. The van der Waals surface area contributed by atoms with Crippen LogP contribution in [0.2, 0.25) is 0 Å². The Morgan fingerprint density at radius 2 is 2.32 bits per heavy atom. The minimum atomic E-state index is 0.0848. The van der Waals surface area contributed by atoms with E-state index in [2.05, 4.69) is 10.4 Å². The summed E-state index contributed by atoms with van der Waals surface area (Å²) in [6, 6.07) is 0.380. The predicted octanol–water partition coefficient (Wildman–Crippen LogP) is 1.56. The van der Waals surface area contributed by atoms with Crippen LogP contribution in [0.3, 0.4) is 0 Å². The molecule has 6 nitrogen and oxygen atoms in total. The van der Waals surface area contributed by atoms with Crippen molar-refractivity contribution in [2.75, 3.05) is 26.3 Å². The Morgan fingerprint density at radius 3 is 3.05 bits per heavy atom. The van der Waals surface area contributed by atoms with Gasteiger partial charge in [0.1, 0.15) is 0 Å². The van der Waals surface area contributed by atoms with Crippen molar-refractivity contribution in [2.45, 2.75) is 38.1 Å². The molecule has 0 radical (unpaired) electrons. The summed E-state index contributed by atoms with van der Waals surface area (Å²) in [6.07, 6.45) is 9.52. The molecule has 2 heterocycles. The number of unbranched alkanes of at least 4 members (excludes halogenated alkanes) is 1. The molecule has 0 bridgehead atoms. The van der Waals surface area contributed by atoms with Gasteiger partial charge in [-0.1, -0.05) is 0 Å². The fraction of sp³-hybridized carbons (Fsp3) is 0.750. The number of aromatic nitrogens is 2. The number of carbonyl (C=O) groups excluding carboxylic acids is 1. The highest BCUT2D eigenvalue weighted by Gasteiger charge is 2.39. The molecule has 1 aliphatic carbocycles. The van der Waals surface area contributed by atoms with Gasteiger partial charge in [0.05, 0.1) is 25.5 Å². The van der Waals surface area contributed by atoms with E-state index in [0.29, 0.717) is 25.2 Å². The van der Waals surface area contributed by atoms with Crippen LogP contribution in [0.4, 0.5) is 4.79 Å². The summed E-state index contributed by atoms with van der Waals surface area (Å²) in [7, 11) is 1.93. The summed E-state index contributed by atoms with van der Waals surface area (Å²) in [4.78, 5) is 14.3. The van der Waals surface area contributed by atoms with E-state index in [1.807, 2.05) is 29.0 Å². The molecule has 1 aliphatic heterocycles. The second-order valence-corrected chi connectivity index (χ2v) is 6.38. The molecule has 6 heteroatoms. The van der Waals surface area contributed by atoms with Crippen molar-refractivity contribution in [1.82, 2.24) is 20.0 Å². The van der Waals surface area contributed by atoms with E-state index in [0.717, 1.165) is 32.4 Å². The zero-order valence-corrected chi connectivity index (χ0v) is 13.3. The first kappa shape index (κ1) is 15.3. The summed E-state index contributed by atoms with van der Waals surface area (Å²) in [5.41, 5.74) is 1.26. The molecule has 22 heavy (non-hydrogen) atoms. The number of aryl methyl sites for hydroxylation is 2. The standard InChI is InChI=1S/C16H26N4O2/c1-19-11-13(10-18-19)4-2-3-7-17-16(21)20-8-9-22-12-15(20)14-5-6-14/h10-11,14-15H,2-9,12H2,1H3,(H,17,21). The molecule has 1 saturated heterocycles. The van der Waals surface area contributed by atoms with Crippen molar-refractivity contribution in [3.63, 3.8) is 0 Å². The van der Waals surface area contributed by atoms with Gasteiger partial charge in [0.2, 0.25) is 0 Å². The Balaban J connectivity index is 1.34. The Labute approximate surface area is 131 Å². The van der Waals surface area contributed by atoms with Crippen molar-refractivity contribution in [3.05, 3.63) is 18.0 Å². The summed E-state index contributed by atoms with van der Waals surface area (Å²) in [5.74, 6) is 0.664. The number of nitrogens with zero attached hydrogens (tertiary/aromatic N) is 3. The average molecular weight is 306 g/mol. The van der Waals surface area contributed by atoms with Crippen molar-refractivity contribution in [1.29, 1.82) is 0 Å². The Morgan fingerprint density at radius 1 is 1.45 bits per heavy atom. The third kappa shape index (κ3) is 4.00. The van der Waals surface area contributed by atoms with Gasteiger partial charge < -0.3 is 15.0 Å². The minimum absolute atomic E-state index is 0.0848. The van der Waals surface area contributed by atoms with Crippen molar-refractivity contribution in [2.24, 2.45) is 13.0 Å². The van der Waals surface area contributed by atoms with Gasteiger partial charge in [0.25, 0.3) is 0 Å². The molecule has 0 spiro atoms. The molecule has 3 rings (SSSR count). The van der Waals surface area contributed by atoms with Gasteiger partial charge in [-0.2, -0.15) is 5.10 Å². The van der Waals surface area contributed by atoms with Gasteiger partial charge in [-0.05, 0) is 43.6 Å². The van der Waals surface area contributed by atoms with E-state index < -0.39 is 0 Å². The Kier molecular flexibility index (Phi) is 4.97. The number of carbonyl (C=O) groups is 1. The highest BCUT2D eigenvalue weighted by atomic mass is 16.5. The van der Waals surface area contributed by atoms with Gasteiger partial charge in [-0.15, -0.1) is 0 Å². The fourth-order valence-electron chi connectivity index (χ4n) is 3.10. The topological polar surface area (TPSA) is 59.4 Å². The minimum Gasteiger partial charge on any atom is -0.377 e. The van der Waals surface area contributed by atoms with E-state index >= 15 is 0 Å². The molecule has 2 fully saturated rings. The van der Waals surface area contributed by atoms with Crippen LogP contribution in [0, 0.1) is 5.92 Å². The van der Waals surface area contributed by atoms with Crippen LogP contribution >= 0.6 is 0 Å². The zero-order chi connectivity index (χ0) is 15.4. The third-order valence-corrected chi connectivity index (χ3v) is 4.52. The quantitative estimate of drug-likeness (QED) is 0.812. The average Bonchev–Trinajstić information content (AvgIpc) is 3.29. The van der Waals surface area contributed by atoms with Gasteiger partial charge in [0, 0.05) is 26.3 Å². The van der Waals surface area contributed by atoms with Crippen LogP contribution in [0.15, 0.2) is 12.4 Å². The monoisotopic (exact) mass is 306 g/mol. The maximum Gasteiger partial charge on any atom is 0.317 e. The number of nitrogens with one attached hydrogen (secondary N) is 1. The van der Waals surface area contributed by atoms with Crippen molar-refractivity contribution >= 4 is 6.03 Å². The number of rotatable bonds is 6. The summed E-state index contributed by atoms with van der Waals surface area (Å²) < 4.78 is 7.36. The lowest BCUT2D eigenvalue weighted by atomic mass is 10.1. The van der Waals surface area contributed by atoms with Gasteiger partial charge >= 0.3 is 6.03 Å². The number of hydrogen-bond acceptors (Lipinski definition) is 3. The molecule has 0 aromatic carbocycles. The largest absolute Gasteiger partial charge is 0.377 e. The Hall–Kier alpha value is -1.56. The molecule has 1 aromatic rings. The lowest BCUT2D eigenvalue weighted by molar-refractivity contribution is 0.00473. The normalized spacial score (nSPS) is 21.9. The number of ether oxygens (including phenoxy) is 1. The third-order valence-electron chi connectivity index (χ3n) is 4.52. The molecule has 122 valence electrons. The molecular formula is C16H26N4O2. The zero-order valence-electron chi connectivity index (χ0n) is 13.3. The SMILES string of the molecule is Cn1cc(CCCCNC(=O)N2CCOCC2C2CC2)cn1. The van der Waals surface area contributed by atoms with E-state index in [1.165, 1.54) is 18.4 Å². The second-order valence-electron chi connectivity index (χ2n) is 6.38. The first-order chi connectivity index (χ1) is 10.7. The molecule has 1 atom stereocenters. The molecule has 1 N–H and O–H groups in total. The summed E-state index contributed by atoms with van der Waals surface area (Å²) >= 11 is 0. The first-order valence-electron chi connectivity index (χ1n) is 8.34. The van der Waals surface area contributed by atoms with Gasteiger partial charge in [-0.25, -0.2) is 4.79 Å². The number of urea groups is 1. The lowest BCUT2D eigenvalue weighted by Gasteiger charge is -2.35. The summed E-state index contributed by atoms with van der Waals surface area (Å²) in [5, 5.41) is 7.23. The molecular weight excluding hydrogens is 280 g/mol. The highest BCUT2D eigenvalue weighted by molar-refractivity contribution is 5.74. The smallest absolute Gasteiger partial charge is 0.317 e. The highest BCUT2D eigenvalue weighted by Crippen LogP contribution is 2.36. The van der Waals surface area contributed by atoms with Crippen LogP contribution in [0.25, 0.3) is 0 Å². The van der Waals surface area contributed by atoms with Crippen LogP contribution in [0.5, 0.6) is 0 Å². The van der Waals surface area contributed by atoms with E-state index in [9.17, 15) is 4.79 Å². The molecule has 2 aliphatic rings. The number of hydrogen-bond donors (Lipinski definition) is 1. The molecule has 1 aromatic heterocycles. The fourth-order valence-corrected chi connectivity index (χ4v) is 3.10. The van der Waals surface area contributed by atoms with E-state index in [-0.39, 0.29) is 6.03 Å². The number of morpholine rings is 1. The first-order valence-corrected chi connectivity index (χ1v) is 8.34. The van der Waals surface area contributed by atoms with Crippen LogP contribution in [-0.2, 0) is 18.2 Å². The molecule has 2 amide bonds. The maximum atomic E-state index is 12.3. The maximum absolute atomic E-state index is 12.3. The number of amides is 2. The van der Waals surface area contributed by atoms with Gasteiger partial charge in [0.15, 0.2) is 0 Å². The van der Waals surface area contributed by atoms with Gasteiger partial charge in [-0.3, -0.25) is 4.68 Å². The van der Waals surface area contributed by atoms with Crippen molar-refractivity contribution < 1.29 is 9.53 Å². The summed E-state index contributed by atoms with van der Waals surface area (Å²) in [6.45, 7) is 2.84. The van der Waals surface area contributed by atoms with Crippen molar-refractivity contribution in [3.8, 4) is 0 Å². The van der Waals surface area contributed by atoms with Crippen LogP contribution in [-0.4, -0.2) is 53.1 Å². The molecule has 1 saturated carbocycles. The predicted molar refractivity (Wildman–Crippen MR) is 83.6 cm³/mol. The van der Waals surface area contributed by atoms with Crippen LogP contribution < -0.4 is 5.32 Å². The van der Waals surface area contributed by atoms with E-state index in [4.69, 9.17) is 4.74 Å². The van der Waals surface area contributed by atoms with E-state index in [1.54, 1.807) is 0 Å². The Bertz CT molecular complexity index is 498. The molecule has 1 unspecified atom stereocenters. The second kappa shape index (κ2) is 7.13.